The van der Waals surface area contributed by atoms with Crippen LogP contribution in [0.1, 0.15) is 35.6 Å². The van der Waals surface area contributed by atoms with E-state index in [1.54, 1.807) is 0 Å². The fourth-order valence-corrected chi connectivity index (χ4v) is 4.76. The minimum absolute atomic E-state index is 0.324. The highest BCUT2D eigenvalue weighted by atomic mass is 32.1. The molecule has 3 aliphatic rings. The van der Waals surface area contributed by atoms with Crippen LogP contribution in [0.5, 0.6) is 0 Å². The summed E-state index contributed by atoms with van der Waals surface area (Å²) in [6.45, 7) is 3.76. The van der Waals surface area contributed by atoms with E-state index in [0.29, 0.717) is 6.04 Å². The number of hydrogen-bond acceptors (Lipinski definition) is 4. The lowest BCUT2D eigenvalue weighted by Crippen LogP contribution is -2.52. The third kappa shape index (κ3) is 3.10. The maximum absolute atomic E-state index is 5.71. The second kappa shape index (κ2) is 6.97. The second-order valence-electron chi connectivity index (χ2n) is 7.51. The van der Waals surface area contributed by atoms with Crippen molar-refractivity contribution in [3.05, 3.63) is 65.2 Å². The Kier molecular flexibility index (Phi) is 4.32. The number of thiocarbonyl (C=S) groups is 1. The van der Waals surface area contributed by atoms with Gasteiger partial charge in [-0.05, 0) is 30.9 Å². The highest BCUT2D eigenvalue weighted by Crippen LogP contribution is 2.40. The van der Waals surface area contributed by atoms with Gasteiger partial charge >= 0.3 is 0 Å². The predicted molar refractivity (Wildman–Crippen MR) is 114 cm³/mol. The van der Waals surface area contributed by atoms with Crippen LogP contribution in [0.2, 0.25) is 0 Å². The molecule has 0 aromatic heterocycles. The largest absolute Gasteiger partial charge is 0.359 e. The van der Waals surface area contributed by atoms with E-state index in [1.165, 1.54) is 29.7 Å². The summed E-state index contributed by atoms with van der Waals surface area (Å²) in [7, 11) is 0. The molecule has 1 N–H and O–H groups in total. The first-order valence-corrected chi connectivity index (χ1v) is 10.3. The molecule has 1 aliphatic carbocycles. The molecular weight excluding hydrogens is 352 g/mol. The normalized spacial score (nSPS) is 21.2. The Hall–Kier alpha value is -2.40. The molecule has 1 fully saturated rings. The Morgan fingerprint density at radius 3 is 2.63 bits per heavy atom. The van der Waals surface area contributed by atoms with Gasteiger partial charge in [0.2, 0.25) is 0 Å². The highest BCUT2D eigenvalue weighted by Gasteiger charge is 2.30. The summed E-state index contributed by atoms with van der Waals surface area (Å²) in [6, 6.07) is 17.3. The lowest BCUT2D eigenvalue weighted by Gasteiger charge is -2.40. The molecule has 1 saturated heterocycles. The minimum atomic E-state index is 0.324. The van der Waals surface area contributed by atoms with Crippen LogP contribution in [-0.2, 0) is 6.42 Å². The molecule has 0 bridgehead atoms. The fourth-order valence-electron chi connectivity index (χ4n) is 4.44. The Bertz CT molecular complexity index is 884. The minimum Gasteiger partial charge on any atom is -0.359 e. The van der Waals surface area contributed by atoms with Crippen LogP contribution >= 0.6 is 12.2 Å². The molecule has 2 aromatic carbocycles. The molecule has 0 amide bonds. The number of nitrogens with one attached hydrogen (secondary N) is 1. The summed E-state index contributed by atoms with van der Waals surface area (Å²) in [4.78, 5) is 10.7. The molecule has 4 nitrogen and oxygen atoms in total. The first kappa shape index (κ1) is 16.8. The second-order valence-corrected chi connectivity index (χ2v) is 7.90. The number of hydrogen-bond donors (Lipinski definition) is 1. The van der Waals surface area contributed by atoms with Crippen molar-refractivity contribution in [3.63, 3.8) is 0 Å². The molecule has 0 saturated carbocycles. The predicted octanol–water partition coefficient (Wildman–Crippen LogP) is 3.84. The molecule has 1 atom stereocenters. The molecule has 2 aromatic rings. The molecule has 27 heavy (non-hydrogen) atoms. The average molecular weight is 377 g/mol. The van der Waals surface area contributed by atoms with Gasteiger partial charge in [-0.15, -0.1) is 0 Å². The van der Waals surface area contributed by atoms with Crippen molar-refractivity contribution in [2.45, 2.75) is 25.3 Å². The lowest BCUT2D eigenvalue weighted by molar-refractivity contribution is 0.260. The van der Waals surface area contributed by atoms with Crippen LogP contribution in [0.15, 0.2) is 53.5 Å². The maximum atomic E-state index is 5.71. The van der Waals surface area contributed by atoms with E-state index in [-0.39, 0.29) is 0 Å². The number of guanidine groups is 1. The number of rotatable bonds is 1. The summed E-state index contributed by atoms with van der Waals surface area (Å²) in [5.74, 6) is 1.04. The van der Waals surface area contributed by atoms with Gasteiger partial charge in [0.15, 0.2) is 5.96 Å². The van der Waals surface area contributed by atoms with Gasteiger partial charge in [0.25, 0.3) is 0 Å². The van der Waals surface area contributed by atoms with Crippen LogP contribution < -0.4 is 5.32 Å². The Labute approximate surface area is 165 Å². The topological polar surface area (TPSA) is 30.9 Å². The molecule has 0 radical (unpaired) electrons. The standard InChI is InChI=1S/C22H24N4S/c27-21(17-6-2-1-3-7-17)25-12-14-26(15-13-25)22-23-18-10-4-8-16-9-5-11-19(24-22)20(16)18/h1-4,6-8,10,19H,5,9,11-15H2,(H,23,24). The third-order valence-electron chi connectivity index (χ3n) is 5.87. The van der Waals surface area contributed by atoms with Gasteiger partial charge in [-0.25, -0.2) is 4.99 Å². The van der Waals surface area contributed by atoms with Crippen molar-refractivity contribution < 1.29 is 0 Å². The highest BCUT2D eigenvalue weighted by molar-refractivity contribution is 7.80. The van der Waals surface area contributed by atoms with Gasteiger partial charge in [0, 0.05) is 43.0 Å². The fraction of sp³-hybridized carbons (Fsp3) is 0.364. The zero-order chi connectivity index (χ0) is 18.2. The molecule has 138 valence electrons. The van der Waals surface area contributed by atoms with Gasteiger partial charge in [-0.1, -0.05) is 54.7 Å². The average Bonchev–Trinajstić information content (AvgIpc) is 2.74. The number of nitrogens with zero attached hydrogens (tertiary/aromatic N) is 3. The van der Waals surface area contributed by atoms with E-state index in [9.17, 15) is 0 Å². The van der Waals surface area contributed by atoms with Crippen LogP contribution in [0.4, 0.5) is 5.69 Å². The van der Waals surface area contributed by atoms with Crippen molar-refractivity contribution in [2.24, 2.45) is 4.99 Å². The number of benzene rings is 2. The summed E-state index contributed by atoms with van der Waals surface area (Å²) in [6.07, 6.45) is 3.58. The molecule has 0 spiro atoms. The monoisotopic (exact) mass is 376 g/mol. The molecule has 5 heteroatoms. The molecule has 2 aliphatic heterocycles. The zero-order valence-electron chi connectivity index (χ0n) is 15.4. The quantitative estimate of drug-likeness (QED) is 0.766. The Morgan fingerprint density at radius 2 is 1.81 bits per heavy atom. The van der Waals surface area contributed by atoms with E-state index in [2.05, 4.69) is 57.6 Å². The summed E-state index contributed by atoms with van der Waals surface area (Å²) in [5.41, 5.74) is 5.29. The van der Waals surface area contributed by atoms with Crippen molar-refractivity contribution in [2.75, 3.05) is 31.5 Å². The third-order valence-corrected chi connectivity index (χ3v) is 6.36. The smallest absolute Gasteiger partial charge is 0.199 e. The van der Waals surface area contributed by atoms with Gasteiger partial charge < -0.3 is 15.1 Å². The zero-order valence-corrected chi connectivity index (χ0v) is 16.2. The van der Waals surface area contributed by atoms with Gasteiger partial charge in [0.05, 0.1) is 6.04 Å². The number of piperazine rings is 1. The SMILES string of the molecule is S=C(c1ccccc1)N1CCN(C2=NC3CCCc4cccc(c43)N2)CC1. The van der Waals surface area contributed by atoms with Crippen LogP contribution in [-0.4, -0.2) is 46.9 Å². The van der Waals surface area contributed by atoms with Gasteiger partial charge in [-0.2, -0.15) is 0 Å². The van der Waals surface area contributed by atoms with Crippen LogP contribution in [0, 0.1) is 0 Å². The number of anilines is 1. The Morgan fingerprint density at radius 1 is 1.00 bits per heavy atom. The number of aryl methyl sites for hydroxylation is 1. The summed E-state index contributed by atoms with van der Waals surface area (Å²) >= 11 is 5.71. The lowest BCUT2D eigenvalue weighted by atomic mass is 9.86. The first-order valence-electron chi connectivity index (χ1n) is 9.85. The van der Waals surface area contributed by atoms with Crippen molar-refractivity contribution in [1.29, 1.82) is 0 Å². The summed E-state index contributed by atoms with van der Waals surface area (Å²) in [5, 5.41) is 3.61. The van der Waals surface area contributed by atoms with Gasteiger partial charge in [-0.3, -0.25) is 0 Å². The van der Waals surface area contributed by atoms with Crippen molar-refractivity contribution in [1.82, 2.24) is 9.80 Å². The molecule has 2 heterocycles. The van der Waals surface area contributed by atoms with E-state index >= 15 is 0 Å². The van der Waals surface area contributed by atoms with Gasteiger partial charge in [0.1, 0.15) is 4.99 Å². The van der Waals surface area contributed by atoms with Crippen LogP contribution in [0.25, 0.3) is 0 Å². The molecule has 5 rings (SSSR count). The maximum Gasteiger partial charge on any atom is 0.199 e. The summed E-state index contributed by atoms with van der Waals surface area (Å²) < 4.78 is 0. The van der Waals surface area contributed by atoms with Crippen molar-refractivity contribution >= 4 is 28.9 Å². The van der Waals surface area contributed by atoms with E-state index < -0.39 is 0 Å². The van der Waals surface area contributed by atoms with Crippen LogP contribution in [0.3, 0.4) is 0 Å². The van der Waals surface area contributed by atoms with E-state index in [4.69, 9.17) is 17.2 Å². The number of aliphatic imine (C=N–C) groups is 1. The Balaban J connectivity index is 1.29. The van der Waals surface area contributed by atoms with Crippen molar-refractivity contribution in [3.8, 4) is 0 Å². The molecule has 1 unspecified atom stereocenters. The van der Waals surface area contributed by atoms with E-state index in [0.717, 1.165) is 49.1 Å². The molecular formula is C22H24N4S. The first-order chi connectivity index (χ1) is 13.3. The van der Waals surface area contributed by atoms with E-state index in [1.807, 2.05) is 6.07 Å².